The van der Waals surface area contributed by atoms with E-state index in [0.717, 1.165) is 0 Å². The van der Waals surface area contributed by atoms with Crippen molar-refractivity contribution < 1.29 is 39.2 Å². The molecule has 0 spiro atoms. The van der Waals surface area contributed by atoms with Gasteiger partial charge in [-0.3, -0.25) is 14.4 Å². The number of fused-ring (bicyclic) bond motifs is 2. The molecule has 3 fully saturated rings. The highest BCUT2D eigenvalue weighted by Crippen LogP contribution is 2.69. The molecule has 3 N–H and O–H groups in total. The monoisotopic (exact) mass is 408 g/mol. The first-order valence-corrected chi connectivity index (χ1v) is 10.0. The molecule has 1 aliphatic heterocycles. The van der Waals surface area contributed by atoms with Crippen LogP contribution in [-0.4, -0.2) is 63.6 Å². The van der Waals surface area contributed by atoms with Gasteiger partial charge in [-0.15, -0.1) is 0 Å². The van der Waals surface area contributed by atoms with Crippen molar-refractivity contribution in [1.82, 2.24) is 0 Å². The number of ketones is 1. The van der Waals surface area contributed by atoms with Crippen LogP contribution >= 0.6 is 0 Å². The molecule has 0 aromatic heterocycles. The average molecular weight is 408 g/mol. The minimum atomic E-state index is -1.48. The molecule has 8 heteroatoms. The summed E-state index contributed by atoms with van der Waals surface area (Å²) < 4.78 is 11.4. The first-order chi connectivity index (χ1) is 13.4. The van der Waals surface area contributed by atoms with Gasteiger partial charge in [0.05, 0.1) is 18.1 Å². The summed E-state index contributed by atoms with van der Waals surface area (Å²) in [6.07, 6.45) is -4.45. The molecule has 0 aromatic carbocycles. The molecule has 4 rings (SSSR count). The molecule has 11 atom stereocenters. The van der Waals surface area contributed by atoms with Gasteiger partial charge in [-0.25, -0.2) is 0 Å². The molecule has 8 nitrogen and oxygen atoms in total. The van der Waals surface area contributed by atoms with Gasteiger partial charge in [-0.1, -0.05) is 26.3 Å². The number of hydrogen-bond acceptors (Lipinski definition) is 8. The zero-order valence-corrected chi connectivity index (χ0v) is 17.2. The Morgan fingerprint density at radius 3 is 2.31 bits per heavy atom. The van der Waals surface area contributed by atoms with E-state index in [4.69, 9.17) is 9.47 Å². The van der Waals surface area contributed by atoms with E-state index in [1.54, 1.807) is 27.7 Å². The van der Waals surface area contributed by atoms with Gasteiger partial charge in [0.25, 0.3) is 0 Å². The third kappa shape index (κ3) is 2.28. The number of esters is 2. The van der Waals surface area contributed by atoms with Crippen LogP contribution in [0.1, 0.15) is 34.6 Å². The lowest BCUT2D eigenvalue weighted by atomic mass is 9.39. The predicted octanol–water partition coefficient (Wildman–Crippen LogP) is -0.0203. The fourth-order valence-electron chi connectivity index (χ4n) is 7.27. The van der Waals surface area contributed by atoms with E-state index in [1.165, 1.54) is 13.0 Å². The minimum absolute atomic E-state index is 0.507. The molecule has 3 aliphatic carbocycles. The lowest BCUT2D eigenvalue weighted by Gasteiger charge is -2.65. The zero-order valence-electron chi connectivity index (χ0n) is 17.2. The summed E-state index contributed by atoms with van der Waals surface area (Å²) in [5.41, 5.74) is -1.73. The highest BCUT2D eigenvalue weighted by Gasteiger charge is 2.78. The second kappa shape index (κ2) is 6.12. The Bertz CT molecular complexity index is 819. The Labute approximate surface area is 168 Å². The largest absolute Gasteiger partial charge is 0.458 e. The van der Waals surface area contributed by atoms with Gasteiger partial charge < -0.3 is 24.8 Å². The van der Waals surface area contributed by atoms with Crippen LogP contribution in [0.2, 0.25) is 0 Å². The smallest absolute Gasteiger partial charge is 0.310 e. The molecule has 0 amide bonds. The summed E-state index contributed by atoms with van der Waals surface area (Å²) in [5, 5.41) is 32.9. The maximum atomic E-state index is 12.9. The van der Waals surface area contributed by atoms with Crippen molar-refractivity contribution >= 4 is 17.7 Å². The second-order valence-corrected chi connectivity index (χ2v) is 9.63. The summed E-state index contributed by atoms with van der Waals surface area (Å²) in [7, 11) is 0. The van der Waals surface area contributed by atoms with Crippen LogP contribution in [0, 0.1) is 34.5 Å². The Kier molecular flexibility index (Phi) is 4.33. The number of hydrogen-bond donors (Lipinski definition) is 3. The molecular weight excluding hydrogens is 380 g/mol. The Hall–Kier alpha value is -1.77. The number of aliphatic hydroxyl groups is 3. The molecular formula is C21H28O8. The van der Waals surface area contributed by atoms with Gasteiger partial charge in [0.15, 0.2) is 5.78 Å². The first kappa shape index (κ1) is 20.5. The minimum Gasteiger partial charge on any atom is -0.458 e. The maximum Gasteiger partial charge on any atom is 0.310 e. The van der Waals surface area contributed by atoms with Gasteiger partial charge in [0.1, 0.15) is 18.3 Å². The third-order valence-corrected chi connectivity index (χ3v) is 8.19. The maximum absolute atomic E-state index is 12.9. The van der Waals surface area contributed by atoms with E-state index in [0.29, 0.717) is 5.57 Å². The van der Waals surface area contributed by atoms with E-state index < -0.39 is 82.7 Å². The van der Waals surface area contributed by atoms with Crippen molar-refractivity contribution in [3.63, 3.8) is 0 Å². The molecule has 1 heterocycles. The predicted molar refractivity (Wildman–Crippen MR) is 98.1 cm³/mol. The molecule has 1 saturated heterocycles. The standard InChI is InChI=1S/C21H28O8/c1-7-6-10(23)17(26)20(4)11(7)15(28-9(3)22)18-21(5)12(19(27)29-18)8(2)13(24)14(25)16(20)21/h6,8,11-18,24-26H,1-5H3. The summed E-state index contributed by atoms with van der Waals surface area (Å²) in [5.74, 6) is -4.46. The van der Waals surface area contributed by atoms with E-state index in [9.17, 15) is 29.7 Å². The van der Waals surface area contributed by atoms with Gasteiger partial charge in [0.2, 0.25) is 0 Å². The Morgan fingerprint density at radius 1 is 1.10 bits per heavy atom. The van der Waals surface area contributed by atoms with Gasteiger partial charge in [-0.2, -0.15) is 0 Å². The SMILES string of the molecule is CC(=O)OC1C2OC(=O)C3C(C)C(O)C(O)C(C4(C)C(O)C(=O)C=C(C)C14)C23C. The number of carbonyl (C=O) groups is 3. The van der Waals surface area contributed by atoms with E-state index >= 15 is 0 Å². The third-order valence-electron chi connectivity index (χ3n) is 8.19. The Morgan fingerprint density at radius 2 is 1.72 bits per heavy atom. The lowest BCUT2D eigenvalue weighted by Crippen LogP contribution is -2.74. The van der Waals surface area contributed by atoms with Crippen LogP contribution in [0.25, 0.3) is 0 Å². The summed E-state index contributed by atoms with van der Waals surface area (Å²) in [4.78, 5) is 37.4. The number of ether oxygens (including phenoxy) is 2. The van der Waals surface area contributed by atoms with Crippen molar-refractivity contribution in [3.05, 3.63) is 11.6 Å². The number of aliphatic hydroxyl groups excluding tert-OH is 3. The molecule has 0 aromatic rings. The van der Waals surface area contributed by atoms with Crippen molar-refractivity contribution in [2.45, 2.75) is 65.1 Å². The molecule has 0 radical (unpaired) electrons. The van der Waals surface area contributed by atoms with Crippen LogP contribution in [0.5, 0.6) is 0 Å². The van der Waals surface area contributed by atoms with Crippen molar-refractivity contribution in [2.24, 2.45) is 34.5 Å². The zero-order chi connectivity index (χ0) is 21.6. The van der Waals surface area contributed by atoms with E-state index in [1.807, 2.05) is 0 Å². The first-order valence-electron chi connectivity index (χ1n) is 10.0. The molecule has 29 heavy (non-hydrogen) atoms. The van der Waals surface area contributed by atoms with Crippen LogP contribution in [-0.2, 0) is 23.9 Å². The van der Waals surface area contributed by atoms with Crippen molar-refractivity contribution in [1.29, 1.82) is 0 Å². The Balaban J connectivity index is 2.01. The fourth-order valence-corrected chi connectivity index (χ4v) is 7.27. The summed E-state index contributed by atoms with van der Waals surface area (Å²) in [6.45, 7) is 8.07. The van der Waals surface area contributed by atoms with E-state index in [2.05, 4.69) is 0 Å². The van der Waals surface area contributed by atoms with Crippen LogP contribution in [0.3, 0.4) is 0 Å². The van der Waals surface area contributed by atoms with Crippen molar-refractivity contribution in [2.75, 3.05) is 0 Å². The van der Waals surface area contributed by atoms with Gasteiger partial charge in [-0.05, 0) is 18.9 Å². The van der Waals surface area contributed by atoms with Crippen LogP contribution in [0.4, 0.5) is 0 Å². The van der Waals surface area contributed by atoms with Crippen LogP contribution in [0.15, 0.2) is 11.6 Å². The highest BCUT2D eigenvalue weighted by molar-refractivity contribution is 5.96. The lowest BCUT2D eigenvalue weighted by molar-refractivity contribution is -0.269. The van der Waals surface area contributed by atoms with Crippen LogP contribution < -0.4 is 0 Å². The fraction of sp³-hybridized carbons (Fsp3) is 0.762. The number of carbonyl (C=O) groups excluding carboxylic acids is 3. The van der Waals surface area contributed by atoms with Gasteiger partial charge in [0, 0.05) is 29.6 Å². The number of rotatable bonds is 1. The summed E-state index contributed by atoms with van der Waals surface area (Å²) >= 11 is 0. The second-order valence-electron chi connectivity index (χ2n) is 9.63. The molecule has 0 bridgehead atoms. The molecule has 4 aliphatic rings. The highest BCUT2D eigenvalue weighted by atomic mass is 16.6. The van der Waals surface area contributed by atoms with Gasteiger partial charge >= 0.3 is 11.9 Å². The average Bonchev–Trinajstić information content (AvgIpc) is 2.87. The van der Waals surface area contributed by atoms with E-state index in [-0.39, 0.29) is 0 Å². The molecule has 2 saturated carbocycles. The normalized spacial score (nSPS) is 53.5. The topological polar surface area (TPSA) is 130 Å². The summed E-state index contributed by atoms with van der Waals surface area (Å²) in [6, 6.07) is 0. The van der Waals surface area contributed by atoms with Crippen molar-refractivity contribution in [3.8, 4) is 0 Å². The molecule has 160 valence electrons. The molecule has 11 unspecified atom stereocenters. The quantitative estimate of drug-likeness (QED) is 0.516.